The van der Waals surface area contributed by atoms with Crippen LogP contribution < -0.4 is 10.6 Å². The van der Waals surface area contributed by atoms with Crippen LogP contribution >= 0.6 is 11.3 Å². The lowest BCUT2D eigenvalue weighted by Gasteiger charge is -2.16. The fourth-order valence-electron chi connectivity index (χ4n) is 2.00. The zero-order valence-corrected chi connectivity index (χ0v) is 12.9. The van der Waals surface area contributed by atoms with E-state index in [4.69, 9.17) is 0 Å². The van der Waals surface area contributed by atoms with Crippen LogP contribution in [0.1, 0.15) is 22.9 Å². The van der Waals surface area contributed by atoms with E-state index >= 15 is 0 Å². The Labute approximate surface area is 124 Å². The van der Waals surface area contributed by atoms with Gasteiger partial charge in [0, 0.05) is 17.1 Å². The monoisotopic (exact) mass is 288 g/mol. The van der Waals surface area contributed by atoms with Gasteiger partial charge in [-0.1, -0.05) is 24.3 Å². The summed E-state index contributed by atoms with van der Waals surface area (Å²) >= 11 is 1.69. The Bertz CT molecular complexity index is 558. The SMILES string of the molecule is Cc1cccc(C)c1NC(=O)[C@@H](C)NCc1cccs1. The maximum Gasteiger partial charge on any atom is 0.241 e. The van der Waals surface area contributed by atoms with Gasteiger partial charge < -0.3 is 10.6 Å². The van der Waals surface area contributed by atoms with Crippen molar-refractivity contribution in [3.63, 3.8) is 0 Å². The molecule has 1 amide bonds. The van der Waals surface area contributed by atoms with Gasteiger partial charge in [0.1, 0.15) is 0 Å². The number of anilines is 1. The van der Waals surface area contributed by atoms with E-state index < -0.39 is 0 Å². The molecule has 0 fully saturated rings. The zero-order valence-electron chi connectivity index (χ0n) is 12.1. The van der Waals surface area contributed by atoms with Crippen molar-refractivity contribution >= 4 is 22.9 Å². The molecule has 0 aliphatic carbocycles. The Hall–Kier alpha value is -1.65. The Balaban J connectivity index is 1.94. The third kappa shape index (κ3) is 3.68. The van der Waals surface area contributed by atoms with Gasteiger partial charge in [0.25, 0.3) is 0 Å². The van der Waals surface area contributed by atoms with Crippen LogP contribution in [-0.4, -0.2) is 11.9 Å². The summed E-state index contributed by atoms with van der Waals surface area (Å²) in [5.41, 5.74) is 3.09. The van der Waals surface area contributed by atoms with Crippen LogP contribution in [0, 0.1) is 13.8 Å². The topological polar surface area (TPSA) is 41.1 Å². The molecular formula is C16H20N2OS. The Morgan fingerprint density at radius 3 is 2.50 bits per heavy atom. The van der Waals surface area contributed by atoms with E-state index in [1.807, 2.05) is 50.4 Å². The standard InChI is InChI=1S/C16H20N2OS/c1-11-6-4-7-12(2)15(11)18-16(19)13(3)17-10-14-8-5-9-20-14/h4-9,13,17H,10H2,1-3H3,(H,18,19)/t13-/m1/s1. The number of hydrogen-bond acceptors (Lipinski definition) is 3. The number of benzene rings is 1. The summed E-state index contributed by atoms with van der Waals surface area (Å²) < 4.78 is 0. The predicted octanol–water partition coefficient (Wildman–Crippen LogP) is 3.48. The molecule has 0 unspecified atom stereocenters. The first-order valence-corrected chi connectivity index (χ1v) is 7.58. The van der Waals surface area contributed by atoms with E-state index in [0.29, 0.717) is 0 Å². The molecule has 106 valence electrons. The van der Waals surface area contributed by atoms with Crippen molar-refractivity contribution in [2.45, 2.75) is 33.4 Å². The summed E-state index contributed by atoms with van der Waals surface area (Å²) in [5, 5.41) is 8.29. The molecule has 0 aliphatic heterocycles. The van der Waals surface area contributed by atoms with Crippen LogP contribution in [0.2, 0.25) is 0 Å². The van der Waals surface area contributed by atoms with Crippen molar-refractivity contribution in [2.75, 3.05) is 5.32 Å². The molecule has 0 spiro atoms. The average Bonchev–Trinajstić information content (AvgIpc) is 2.93. The minimum absolute atomic E-state index is 0.000967. The maximum atomic E-state index is 12.2. The summed E-state index contributed by atoms with van der Waals surface area (Å²) in [6.07, 6.45) is 0. The van der Waals surface area contributed by atoms with Crippen molar-refractivity contribution in [2.24, 2.45) is 0 Å². The molecule has 4 heteroatoms. The van der Waals surface area contributed by atoms with Crippen LogP contribution in [0.4, 0.5) is 5.69 Å². The number of thiophene rings is 1. The summed E-state index contributed by atoms with van der Waals surface area (Å²) in [7, 11) is 0. The Kier molecular flexibility index (Phi) is 4.93. The van der Waals surface area contributed by atoms with Gasteiger partial charge in [-0.15, -0.1) is 11.3 Å². The summed E-state index contributed by atoms with van der Waals surface area (Å²) in [4.78, 5) is 13.4. The van der Waals surface area contributed by atoms with Crippen molar-refractivity contribution in [1.29, 1.82) is 0 Å². The van der Waals surface area contributed by atoms with Gasteiger partial charge in [0.2, 0.25) is 5.91 Å². The number of carbonyl (C=O) groups is 1. The minimum atomic E-state index is -0.226. The first kappa shape index (κ1) is 14.8. The normalized spacial score (nSPS) is 12.2. The zero-order chi connectivity index (χ0) is 14.5. The van der Waals surface area contributed by atoms with Gasteiger partial charge in [-0.3, -0.25) is 4.79 Å². The van der Waals surface area contributed by atoms with Gasteiger partial charge in [-0.05, 0) is 43.3 Å². The highest BCUT2D eigenvalue weighted by molar-refractivity contribution is 7.09. The van der Waals surface area contributed by atoms with E-state index in [-0.39, 0.29) is 11.9 Å². The van der Waals surface area contributed by atoms with E-state index in [9.17, 15) is 4.79 Å². The lowest BCUT2D eigenvalue weighted by Crippen LogP contribution is -2.37. The highest BCUT2D eigenvalue weighted by atomic mass is 32.1. The number of rotatable bonds is 5. The predicted molar refractivity (Wildman–Crippen MR) is 85.2 cm³/mol. The van der Waals surface area contributed by atoms with Crippen LogP contribution in [-0.2, 0) is 11.3 Å². The number of carbonyl (C=O) groups excluding carboxylic acids is 1. The molecular weight excluding hydrogens is 268 g/mol. The summed E-state index contributed by atoms with van der Waals surface area (Å²) in [6.45, 7) is 6.62. The summed E-state index contributed by atoms with van der Waals surface area (Å²) in [6, 6.07) is 9.87. The molecule has 2 aromatic rings. The molecule has 1 heterocycles. The molecule has 1 aromatic carbocycles. The molecule has 2 rings (SSSR count). The third-order valence-corrected chi connectivity index (χ3v) is 4.16. The second kappa shape index (κ2) is 6.68. The lowest BCUT2D eigenvalue weighted by atomic mass is 10.1. The molecule has 0 saturated carbocycles. The molecule has 0 bridgehead atoms. The molecule has 1 atom stereocenters. The van der Waals surface area contributed by atoms with Crippen molar-refractivity contribution in [3.05, 3.63) is 51.7 Å². The van der Waals surface area contributed by atoms with Crippen LogP contribution in [0.3, 0.4) is 0 Å². The molecule has 0 radical (unpaired) electrons. The van der Waals surface area contributed by atoms with E-state index in [1.165, 1.54) is 4.88 Å². The number of para-hydroxylation sites is 1. The van der Waals surface area contributed by atoms with Crippen molar-refractivity contribution < 1.29 is 4.79 Å². The van der Waals surface area contributed by atoms with Crippen molar-refractivity contribution in [1.82, 2.24) is 5.32 Å². The molecule has 0 aliphatic rings. The second-order valence-corrected chi connectivity index (χ2v) is 5.97. The highest BCUT2D eigenvalue weighted by Gasteiger charge is 2.14. The van der Waals surface area contributed by atoms with E-state index in [0.717, 1.165) is 23.4 Å². The molecule has 3 nitrogen and oxygen atoms in total. The van der Waals surface area contributed by atoms with Gasteiger partial charge in [0.05, 0.1) is 6.04 Å². The van der Waals surface area contributed by atoms with Gasteiger partial charge >= 0.3 is 0 Å². The third-order valence-electron chi connectivity index (χ3n) is 3.29. The largest absolute Gasteiger partial charge is 0.324 e. The molecule has 0 saturated heterocycles. The molecule has 20 heavy (non-hydrogen) atoms. The first-order chi connectivity index (χ1) is 9.58. The fourth-order valence-corrected chi connectivity index (χ4v) is 2.66. The number of nitrogens with one attached hydrogen (secondary N) is 2. The second-order valence-electron chi connectivity index (χ2n) is 4.94. The fraction of sp³-hybridized carbons (Fsp3) is 0.312. The highest BCUT2D eigenvalue weighted by Crippen LogP contribution is 2.19. The molecule has 2 N–H and O–H groups in total. The van der Waals surface area contributed by atoms with Crippen LogP contribution in [0.25, 0.3) is 0 Å². The van der Waals surface area contributed by atoms with Crippen LogP contribution in [0.5, 0.6) is 0 Å². The number of amides is 1. The minimum Gasteiger partial charge on any atom is -0.324 e. The quantitative estimate of drug-likeness (QED) is 0.884. The van der Waals surface area contributed by atoms with E-state index in [1.54, 1.807) is 11.3 Å². The lowest BCUT2D eigenvalue weighted by molar-refractivity contribution is -0.117. The van der Waals surface area contributed by atoms with E-state index in [2.05, 4.69) is 16.7 Å². The maximum absolute atomic E-state index is 12.2. The average molecular weight is 288 g/mol. The smallest absolute Gasteiger partial charge is 0.241 e. The molecule has 1 aromatic heterocycles. The van der Waals surface area contributed by atoms with Crippen LogP contribution in [0.15, 0.2) is 35.7 Å². The van der Waals surface area contributed by atoms with Gasteiger partial charge in [-0.2, -0.15) is 0 Å². The number of hydrogen-bond donors (Lipinski definition) is 2. The first-order valence-electron chi connectivity index (χ1n) is 6.71. The Morgan fingerprint density at radius 1 is 1.20 bits per heavy atom. The summed E-state index contributed by atoms with van der Waals surface area (Å²) in [5.74, 6) is -0.000967. The Morgan fingerprint density at radius 2 is 1.90 bits per heavy atom. The number of aryl methyl sites for hydroxylation is 2. The van der Waals surface area contributed by atoms with Gasteiger partial charge in [0.15, 0.2) is 0 Å². The van der Waals surface area contributed by atoms with Gasteiger partial charge in [-0.25, -0.2) is 0 Å². The van der Waals surface area contributed by atoms with Crippen molar-refractivity contribution in [3.8, 4) is 0 Å².